The molecule has 2 heterocycles. The third-order valence-corrected chi connectivity index (χ3v) is 5.37. The highest BCUT2D eigenvalue weighted by atomic mass is 16.5. The largest absolute Gasteiger partial charge is 0.461 e. The SMILES string of the molecule is C/C=C(\C)C(=O)N1CCN(c2nc3cc(C)c(C)cc3nc2C(=O)OCC)CC1. The van der Waals surface area contributed by atoms with Crippen molar-refractivity contribution < 1.29 is 14.3 Å². The van der Waals surface area contributed by atoms with Crippen LogP contribution in [0.15, 0.2) is 23.8 Å². The standard InChI is InChI=1S/C22H28N4O3/c1-6-14(3)21(27)26-10-8-25(9-11-26)20-19(22(28)29-7-2)23-17-12-15(4)16(5)13-18(17)24-20/h6,12-13H,7-11H2,1-5H3/b14-6+. The number of allylic oxidation sites excluding steroid dienone is 1. The summed E-state index contributed by atoms with van der Waals surface area (Å²) in [4.78, 5) is 38.2. The summed E-state index contributed by atoms with van der Waals surface area (Å²) in [6.45, 7) is 12.1. The number of carbonyl (C=O) groups is 2. The van der Waals surface area contributed by atoms with Crippen LogP contribution in [-0.4, -0.2) is 59.5 Å². The monoisotopic (exact) mass is 396 g/mol. The molecule has 7 nitrogen and oxygen atoms in total. The smallest absolute Gasteiger partial charge is 0.360 e. The first kappa shape index (κ1) is 20.8. The third-order valence-electron chi connectivity index (χ3n) is 5.37. The van der Waals surface area contributed by atoms with Crippen LogP contribution < -0.4 is 4.90 Å². The molecule has 0 unspecified atom stereocenters. The van der Waals surface area contributed by atoms with E-state index in [0.29, 0.717) is 37.5 Å². The van der Waals surface area contributed by atoms with Gasteiger partial charge in [-0.25, -0.2) is 14.8 Å². The number of hydrogen-bond donors (Lipinski definition) is 0. The Bertz CT molecular complexity index is 976. The molecule has 1 aromatic carbocycles. The fraction of sp³-hybridized carbons (Fsp3) is 0.455. The molecule has 0 radical (unpaired) electrons. The first-order valence-electron chi connectivity index (χ1n) is 9.99. The number of amides is 1. The van der Waals surface area contributed by atoms with Crippen LogP contribution in [0.5, 0.6) is 0 Å². The summed E-state index contributed by atoms with van der Waals surface area (Å²) in [5, 5.41) is 0. The maximum absolute atomic E-state index is 12.6. The van der Waals surface area contributed by atoms with Crippen LogP contribution in [0.25, 0.3) is 11.0 Å². The van der Waals surface area contributed by atoms with E-state index in [1.54, 1.807) is 6.92 Å². The van der Waals surface area contributed by atoms with E-state index in [2.05, 4.69) is 4.98 Å². The van der Waals surface area contributed by atoms with Crippen molar-refractivity contribution >= 4 is 28.7 Å². The number of aromatic nitrogens is 2. The van der Waals surface area contributed by atoms with E-state index in [1.165, 1.54) is 0 Å². The molecular formula is C22H28N4O3. The number of carbonyl (C=O) groups excluding carboxylic acids is 2. The van der Waals surface area contributed by atoms with Gasteiger partial charge in [0.25, 0.3) is 0 Å². The van der Waals surface area contributed by atoms with Crippen molar-refractivity contribution in [1.29, 1.82) is 0 Å². The number of anilines is 1. The normalized spacial score (nSPS) is 15.0. The van der Waals surface area contributed by atoms with Crippen molar-refractivity contribution in [2.45, 2.75) is 34.6 Å². The Morgan fingerprint density at radius 1 is 1.07 bits per heavy atom. The minimum Gasteiger partial charge on any atom is -0.461 e. The zero-order valence-electron chi connectivity index (χ0n) is 17.8. The number of benzene rings is 1. The minimum atomic E-state index is -0.474. The van der Waals surface area contributed by atoms with E-state index in [9.17, 15) is 9.59 Å². The van der Waals surface area contributed by atoms with Crippen LogP contribution in [0.2, 0.25) is 0 Å². The molecule has 1 aliphatic heterocycles. The van der Waals surface area contributed by atoms with Gasteiger partial charge >= 0.3 is 5.97 Å². The molecule has 1 fully saturated rings. The third kappa shape index (κ3) is 4.23. The van der Waals surface area contributed by atoms with Gasteiger partial charge in [-0.15, -0.1) is 0 Å². The second-order valence-corrected chi connectivity index (χ2v) is 7.29. The van der Waals surface area contributed by atoms with E-state index in [-0.39, 0.29) is 18.2 Å². The molecule has 0 spiro atoms. The Morgan fingerprint density at radius 3 is 2.21 bits per heavy atom. The lowest BCUT2D eigenvalue weighted by atomic mass is 10.1. The van der Waals surface area contributed by atoms with Crippen LogP contribution in [0.3, 0.4) is 0 Å². The summed E-state index contributed by atoms with van der Waals surface area (Å²) < 4.78 is 5.23. The van der Waals surface area contributed by atoms with Gasteiger partial charge in [-0.05, 0) is 57.9 Å². The number of esters is 1. The topological polar surface area (TPSA) is 75.6 Å². The molecule has 1 aromatic heterocycles. The Morgan fingerprint density at radius 2 is 1.66 bits per heavy atom. The Hall–Kier alpha value is -2.96. The fourth-order valence-corrected chi connectivity index (χ4v) is 3.35. The molecule has 7 heteroatoms. The van der Waals surface area contributed by atoms with Gasteiger partial charge in [0.1, 0.15) is 0 Å². The van der Waals surface area contributed by atoms with Gasteiger partial charge in [0.15, 0.2) is 11.5 Å². The summed E-state index contributed by atoms with van der Waals surface area (Å²) in [5.74, 6) is 0.0981. The molecule has 0 aliphatic carbocycles. The molecule has 1 aliphatic rings. The van der Waals surface area contributed by atoms with E-state index in [1.807, 2.05) is 55.7 Å². The van der Waals surface area contributed by atoms with Gasteiger partial charge in [0, 0.05) is 31.8 Å². The number of aryl methyl sites for hydroxylation is 2. The summed E-state index contributed by atoms with van der Waals surface area (Å²) in [6.07, 6.45) is 1.83. The maximum Gasteiger partial charge on any atom is 0.360 e. The molecule has 1 saturated heterocycles. The second-order valence-electron chi connectivity index (χ2n) is 7.29. The average molecular weight is 396 g/mol. The van der Waals surface area contributed by atoms with Crippen molar-refractivity contribution in [3.05, 3.63) is 40.6 Å². The van der Waals surface area contributed by atoms with Gasteiger partial charge in [-0.1, -0.05) is 6.08 Å². The molecule has 1 amide bonds. The zero-order valence-corrected chi connectivity index (χ0v) is 17.8. The van der Waals surface area contributed by atoms with Gasteiger partial charge in [0.2, 0.25) is 5.91 Å². The van der Waals surface area contributed by atoms with Crippen molar-refractivity contribution in [2.75, 3.05) is 37.7 Å². The lowest BCUT2D eigenvalue weighted by Crippen LogP contribution is -2.49. The van der Waals surface area contributed by atoms with Crippen LogP contribution >= 0.6 is 0 Å². The molecule has 154 valence electrons. The van der Waals surface area contributed by atoms with Crippen molar-refractivity contribution in [2.24, 2.45) is 0 Å². The van der Waals surface area contributed by atoms with Crippen LogP contribution in [-0.2, 0) is 9.53 Å². The lowest BCUT2D eigenvalue weighted by molar-refractivity contribution is -0.127. The highest BCUT2D eigenvalue weighted by Crippen LogP contribution is 2.25. The number of piperazine rings is 1. The molecule has 29 heavy (non-hydrogen) atoms. The van der Waals surface area contributed by atoms with Crippen LogP contribution in [0, 0.1) is 13.8 Å². The predicted octanol–water partition coefficient (Wildman–Crippen LogP) is 3.04. The average Bonchev–Trinajstić information content (AvgIpc) is 2.73. The van der Waals surface area contributed by atoms with Crippen molar-refractivity contribution in [3.8, 4) is 0 Å². The summed E-state index contributed by atoms with van der Waals surface area (Å²) in [6, 6.07) is 3.94. The van der Waals surface area contributed by atoms with E-state index in [4.69, 9.17) is 9.72 Å². The molecule has 2 aromatic rings. The van der Waals surface area contributed by atoms with Gasteiger partial charge in [-0.2, -0.15) is 0 Å². The van der Waals surface area contributed by atoms with Gasteiger partial charge in [-0.3, -0.25) is 4.79 Å². The van der Waals surface area contributed by atoms with Gasteiger partial charge in [0.05, 0.1) is 17.6 Å². The highest BCUT2D eigenvalue weighted by Gasteiger charge is 2.27. The molecule has 0 bridgehead atoms. The molecular weight excluding hydrogens is 368 g/mol. The molecule has 0 N–H and O–H groups in total. The Balaban J connectivity index is 1.95. The number of rotatable bonds is 4. The maximum atomic E-state index is 12.6. The molecule has 0 saturated carbocycles. The van der Waals surface area contributed by atoms with Crippen molar-refractivity contribution in [1.82, 2.24) is 14.9 Å². The van der Waals surface area contributed by atoms with E-state index < -0.39 is 5.97 Å². The number of nitrogens with zero attached hydrogens (tertiary/aromatic N) is 4. The summed E-state index contributed by atoms with van der Waals surface area (Å²) >= 11 is 0. The van der Waals surface area contributed by atoms with Crippen molar-refractivity contribution in [3.63, 3.8) is 0 Å². The quantitative estimate of drug-likeness (QED) is 0.584. The molecule has 3 rings (SSSR count). The Labute approximate surface area is 171 Å². The van der Waals surface area contributed by atoms with Gasteiger partial charge < -0.3 is 14.5 Å². The summed E-state index contributed by atoms with van der Waals surface area (Å²) in [7, 11) is 0. The van der Waals surface area contributed by atoms with E-state index in [0.717, 1.165) is 22.2 Å². The Kier molecular flexibility index (Phi) is 6.15. The first-order chi connectivity index (χ1) is 13.8. The molecule has 0 atom stereocenters. The number of fused-ring (bicyclic) bond motifs is 1. The highest BCUT2D eigenvalue weighted by molar-refractivity contribution is 5.96. The van der Waals surface area contributed by atoms with Crippen LogP contribution in [0.4, 0.5) is 5.82 Å². The minimum absolute atomic E-state index is 0.0495. The predicted molar refractivity (Wildman–Crippen MR) is 113 cm³/mol. The summed E-state index contributed by atoms with van der Waals surface area (Å²) in [5.41, 5.74) is 4.62. The lowest BCUT2D eigenvalue weighted by Gasteiger charge is -2.36. The number of hydrogen-bond acceptors (Lipinski definition) is 6. The first-order valence-corrected chi connectivity index (χ1v) is 9.99. The number of ether oxygens (including phenoxy) is 1. The van der Waals surface area contributed by atoms with Crippen LogP contribution in [0.1, 0.15) is 42.4 Å². The second kappa shape index (κ2) is 8.59. The zero-order chi connectivity index (χ0) is 21.1. The van der Waals surface area contributed by atoms with E-state index >= 15 is 0 Å². The fourth-order valence-electron chi connectivity index (χ4n) is 3.35.